The molecule has 1 aromatic rings. The fraction of sp³-hybridized carbons (Fsp3) is 0.562. The molecular weight excluding hydrogens is 222 g/mol. The van der Waals surface area contributed by atoms with E-state index in [1.807, 2.05) is 12.1 Å². The first-order valence-corrected chi connectivity index (χ1v) is 6.96. The third kappa shape index (κ3) is 1.99. The van der Waals surface area contributed by atoms with Crippen LogP contribution in [0.5, 0.6) is 5.75 Å². The van der Waals surface area contributed by atoms with E-state index in [0.29, 0.717) is 5.92 Å². The Hall–Kier alpha value is -1.49. The first-order chi connectivity index (χ1) is 8.83. The first-order valence-electron chi connectivity index (χ1n) is 6.96. The van der Waals surface area contributed by atoms with Gasteiger partial charge in [0.2, 0.25) is 0 Å². The van der Waals surface area contributed by atoms with Crippen LogP contribution in [0.2, 0.25) is 0 Å². The number of fused-ring (bicyclic) bond motifs is 1. The highest BCUT2D eigenvalue weighted by Gasteiger charge is 2.37. The molecule has 1 aliphatic heterocycles. The second-order valence-corrected chi connectivity index (χ2v) is 5.70. The summed E-state index contributed by atoms with van der Waals surface area (Å²) >= 11 is 0. The van der Waals surface area contributed by atoms with Gasteiger partial charge in [-0.25, -0.2) is 0 Å². The molecule has 2 nitrogen and oxygen atoms in total. The van der Waals surface area contributed by atoms with Crippen molar-refractivity contribution in [1.29, 1.82) is 5.26 Å². The molecule has 0 radical (unpaired) electrons. The van der Waals surface area contributed by atoms with Crippen molar-refractivity contribution in [2.75, 3.05) is 6.61 Å². The quantitative estimate of drug-likeness (QED) is 0.783. The average Bonchev–Trinajstić information content (AvgIpc) is 2.83. The Morgan fingerprint density at radius 1 is 1.22 bits per heavy atom. The highest BCUT2D eigenvalue weighted by molar-refractivity contribution is 5.40. The van der Waals surface area contributed by atoms with E-state index in [1.165, 1.54) is 24.8 Å². The van der Waals surface area contributed by atoms with Gasteiger partial charge in [-0.2, -0.15) is 5.26 Å². The number of rotatable bonds is 2. The van der Waals surface area contributed by atoms with E-state index < -0.39 is 0 Å². The average molecular weight is 241 g/mol. The van der Waals surface area contributed by atoms with Gasteiger partial charge in [0.05, 0.1) is 18.1 Å². The largest absolute Gasteiger partial charge is 0.493 e. The molecule has 1 heterocycles. The lowest BCUT2D eigenvalue weighted by Gasteiger charge is -2.32. The molecule has 0 amide bonds. The SMILES string of the molecule is N#CC1(CC2COc3ccccc32)CCCCC1. The summed E-state index contributed by atoms with van der Waals surface area (Å²) in [6.07, 6.45) is 6.83. The third-order valence-corrected chi connectivity index (χ3v) is 4.48. The van der Waals surface area contributed by atoms with E-state index in [9.17, 15) is 5.26 Å². The van der Waals surface area contributed by atoms with Crippen LogP contribution in [0.15, 0.2) is 24.3 Å². The smallest absolute Gasteiger partial charge is 0.122 e. The number of hydrogen-bond acceptors (Lipinski definition) is 2. The first kappa shape index (κ1) is 11.6. The number of hydrogen-bond donors (Lipinski definition) is 0. The van der Waals surface area contributed by atoms with E-state index in [4.69, 9.17) is 4.74 Å². The molecular formula is C16H19NO. The van der Waals surface area contributed by atoms with Gasteiger partial charge in [-0.15, -0.1) is 0 Å². The normalized spacial score (nSPS) is 24.9. The maximum Gasteiger partial charge on any atom is 0.122 e. The van der Waals surface area contributed by atoms with Crippen LogP contribution in [0.25, 0.3) is 0 Å². The molecule has 0 spiro atoms. The van der Waals surface area contributed by atoms with Gasteiger partial charge in [-0.05, 0) is 25.3 Å². The number of para-hydroxylation sites is 1. The zero-order valence-electron chi connectivity index (χ0n) is 10.7. The Morgan fingerprint density at radius 2 is 2.00 bits per heavy atom. The van der Waals surface area contributed by atoms with Crippen LogP contribution in [0, 0.1) is 16.7 Å². The highest BCUT2D eigenvalue weighted by atomic mass is 16.5. The molecule has 2 heteroatoms. The van der Waals surface area contributed by atoms with Gasteiger partial charge in [0.25, 0.3) is 0 Å². The van der Waals surface area contributed by atoms with Crippen LogP contribution in [-0.2, 0) is 0 Å². The van der Waals surface area contributed by atoms with Crippen LogP contribution in [0.4, 0.5) is 0 Å². The summed E-state index contributed by atoms with van der Waals surface area (Å²) in [5.41, 5.74) is 1.21. The molecule has 3 rings (SSSR count). The summed E-state index contributed by atoms with van der Waals surface area (Å²) in [6.45, 7) is 0.753. The molecule has 0 saturated heterocycles. The molecule has 18 heavy (non-hydrogen) atoms. The monoisotopic (exact) mass is 241 g/mol. The molecule has 94 valence electrons. The van der Waals surface area contributed by atoms with Gasteiger partial charge in [-0.3, -0.25) is 0 Å². The lowest BCUT2D eigenvalue weighted by Crippen LogP contribution is -2.25. The molecule has 1 aromatic carbocycles. The third-order valence-electron chi connectivity index (χ3n) is 4.48. The maximum atomic E-state index is 9.56. The number of nitriles is 1. The molecule has 1 aliphatic carbocycles. The van der Waals surface area contributed by atoms with Crippen molar-refractivity contribution in [3.63, 3.8) is 0 Å². The summed E-state index contributed by atoms with van der Waals surface area (Å²) in [6, 6.07) is 10.9. The van der Waals surface area contributed by atoms with E-state index in [1.54, 1.807) is 0 Å². The molecule has 0 N–H and O–H groups in total. The molecule has 1 atom stereocenters. The predicted molar refractivity (Wildman–Crippen MR) is 70.4 cm³/mol. The van der Waals surface area contributed by atoms with Crippen molar-refractivity contribution < 1.29 is 4.74 Å². The standard InChI is InChI=1S/C16H19NO/c17-12-16(8-4-1-5-9-16)10-13-11-18-15-7-3-2-6-14(13)15/h2-3,6-7,13H,1,4-5,8-11H2. The van der Waals surface area contributed by atoms with Crippen molar-refractivity contribution in [1.82, 2.24) is 0 Å². The topological polar surface area (TPSA) is 33.0 Å². The zero-order valence-corrected chi connectivity index (χ0v) is 10.7. The number of ether oxygens (including phenoxy) is 1. The van der Waals surface area contributed by atoms with E-state index in [0.717, 1.165) is 31.6 Å². The Morgan fingerprint density at radius 3 is 2.78 bits per heavy atom. The molecule has 1 unspecified atom stereocenters. The minimum absolute atomic E-state index is 0.0935. The van der Waals surface area contributed by atoms with Gasteiger partial charge in [-0.1, -0.05) is 37.5 Å². The van der Waals surface area contributed by atoms with Crippen LogP contribution in [-0.4, -0.2) is 6.61 Å². The molecule has 0 aromatic heterocycles. The van der Waals surface area contributed by atoms with Gasteiger partial charge in [0.15, 0.2) is 0 Å². The van der Waals surface area contributed by atoms with Gasteiger partial charge in [0, 0.05) is 11.5 Å². The predicted octanol–water partition coefficient (Wildman–Crippen LogP) is 4.03. The van der Waals surface area contributed by atoms with Crippen molar-refractivity contribution >= 4 is 0 Å². The highest BCUT2D eigenvalue weighted by Crippen LogP contribution is 2.46. The molecule has 1 fully saturated rings. The van der Waals surface area contributed by atoms with Gasteiger partial charge >= 0.3 is 0 Å². The number of nitrogens with zero attached hydrogens (tertiary/aromatic N) is 1. The Kier molecular flexibility index (Phi) is 2.99. The Labute approximate surface area is 109 Å². The summed E-state index contributed by atoms with van der Waals surface area (Å²) in [5, 5.41) is 9.56. The molecule has 1 saturated carbocycles. The van der Waals surface area contributed by atoms with Crippen LogP contribution in [0.1, 0.15) is 50.0 Å². The summed E-state index contributed by atoms with van der Waals surface area (Å²) in [4.78, 5) is 0. The molecule has 2 aliphatic rings. The lowest BCUT2D eigenvalue weighted by molar-refractivity contribution is 0.214. The van der Waals surface area contributed by atoms with Crippen molar-refractivity contribution in [2.45, 2.75) is 44.4 Å². The minimum atomic E-state index is -0.0935. The minimum Gasteiger partial charge on any atom is -0.493 e. The Bertz CT molecular complexity index is 468. The van der Waals surface area contributed by atoms with E-state index in [2.05, 4.69) is 18.2 Å². The second-order valence-electron chi connectivity index (χ2n) is 5.70. The summed E-state index contributed by atoms with van der Waals surface area (Å²) < 4.78 is 5.73. The van der Waals surface area contributed by atoms with Crippen LogP contribution < -0.4 is 4.74 Å². The second kappa shape index (κ2) is 4.65. The van der Waals surface area contributed by atoms with Gasteiger partial charge < -0.3 is 4.74 Å². The fourth-order valence-corrected chi connectivity index (χ4v) is 3.46. The van der Waals surface area contributed by atoms with Crippen LogP contribution >= 0.6 is 0 Å². The zero-order chi connectivity index (χ0) is 12.4. The van der Waals surface area contributed by atoms with E-state index >= 15 is 0 Å². The van der Waals surface area contributed by atoms with Crippen molar-refractivity contribution in [3.05, 3.63) is 29.8 Å². The van der Waals surface area contributed by atoms with E-state index in [-0.39, 0.29) is 5.41 Å². The number of benzene rings is 1. The van der Waals surface area contributed by atoms with Gasteiger partial charge in [0.1, 0.15) is 5.75 Å². The molecule has 0 bridgehead atoms. The van der Waals surface area contributed by atoms with Crippen LogP contribution in [0.3, 0.4) is 0 Å². The van der Waals surface area contributed by atoms with Crippen molar-refractivity contribution in [2.24, 2.45) is 5.41 Å². The lowest BCUT2D eigenvalue weighted by atomic mass is 9.69. The Balaban J connectivity index is 1.79. The summed E-state index contributed by atoms with van der Waals surface area (Å²) in [5.74, 6) is 1.44. The fourth-order valence-electron chi connectivity index (χ4n) is 3.46. The maximum absolute atomic E-state index is 9.56. The van der Waals surface area contributed by atoms with Crippen molar-refractivity contribution in [3.8, 4) is 11.8 Å². The summed E-state index contributed by atoms with van der Waals surface area (Å²) in [7, 11) is 0.